The van der Waals surface area contributed by atoms with Crippen LogP contribution in [0.15, 0.2) is 0 Å². The van der Waals surface area contributed by atoms with Gasteiger partial charge in [-0.1, -0.05) is 0 Å². The summed E-state index contributed by atoms with van der Waals surface area (Å²) in [6, 6.07) is 0. The van der Waals surface area contributed by atoms with Gasteiger partial charge in [-0.2, -0.15) is 0 Å². The molecule has 1 N–H and O–H groups in total. The maximum atomic E-state index is 12.6. The Morgan fingerprint density at radius 1 is 1.39 bits per heavy atom. The largest absolute Gasteiger partial charge is 0.444 e. The molecule has 0 aromatic carbocycles. The second-order valence-corrected chi connectivity index (χ2v) is 9.27. The lowest BCUT2D eigenvalue weighted by Gasteiger charge is -2.26. The van der Waals surface area contributed by atoms with Crippen molar-refractivity contribution in [2.45, 2.75) is 45.4 Å². The standard InChI is InChI=1S/C15H28NO6P/c1-5-21-23(18,19)13-9-16(14(17)22-15(2,3)4)8-12(13)11-6-7-20-10-11/h11-13H,5-10H2,1-4H3,(H,18,19). The third-order valence-corrected chi connectivity index (χ3v) is 6.30. The van der Waals surface area contributed by atoms with Crippen LogP contribution < -0.4 is 0 Å². The zero-order valence-corrected chi connectivity index (χ0v) is 15.3. The molecule has 2 aliphatic heterocycles. The molecule has 0 radical (unpaired) electrons. The summed E-state index contributed by atoms with van der Waals surface area (Å²) in [5, 5.41) is 0. The summed E-state index contributed by atoms with van der Waals surface area (Å²) in [4.78, 5) is 24.1. The van der Waals surface area contributed by atoms with Crippen molar-refractivity contribution in [3.8, 4) is 0 Å². The van der Waals surface area contributed by atoms with Crippen LogP contribution in [-0.4, -0.2) is 60.1 Å². The van der Waals surface area contributed by atoms with E-state index in [-0.39, 0.29) is 25.0 Å². The van der Waals surface area contributed by atoms with E-state index in [0.29, 0.717) is 19.8 Å². The van der Waals surface area contributed by atoms with E-state index in [1.54, 1.807) is 27.7 Å². The van der Waals surface area contributed by atoms with Gasteiger partial charge in [0.05, 0.1) is 12.3 Å². The zero-order valence-electron chi connectivity index (χ0n) is 14.4. The van der Waals surface area contributed by atoms with Crippen LogP contribution in [0.2, 0.25) is 0 Å². The number of likely N-dealkylation sites (tertiary alicyclic amines) is 1. The molecular formula is C15H28NO6P. The van der Waals surface area contributed by atoms with E-state index in [1.807, 2.05) is 0 Å². The monoisotopic (exact) mass is 349 g/mol. The van der Waals surface area contributed by atoms with Crippen LogP contribution in [0.25, 0.3) is 0 Å². The quantitative estimate of drug-likeness (QED) is 0.785. The van der Waals surface area contributed by atoms with Gasteiger partial charge < -0.3 is 23.8 Å². The van der Waals surface area contributed by atoms with Crippen molar-refractivity contribution in [2.24, 2.45) is 11.8 Å². The van der Waals surface area contributed by atoms with E-state index in [0.717, 1.165) is 6.42 Å². The number of rotatable bonds is 4. The molecule has 7 nitrogen and oxygen atoms in total. The van der Waals surface area contributed by atoms with Crippen LogP contribution in [0.1, 0.15) is 34.1 Å². The Morgan fingerprint density at radius 3 is 2.61 bits per heavy atom. The Kier molecular flexibility index (Phi) is 5.77. The summed E-state index contributed by atoms with van der Waals surface area (Å²) in [5.74, 6) is 0.0702. The van der Waals surface area contributed by atoms with Gasteiger partial charge in [-0.3, -0.25) is 4.57 Å². The van der Waals surface area contributed by atoms with Gasteiger partial charge in [0.2, 0.25) is 0 Å². The molecule has 1 amide bonds. The molecule has 0 aromatic rings. The van der Waals surface area contributed by atoms with Gasteiger partial charge >= 0.3 is 13.7 Å². The Bertz CT molecular complexity index is 471. The average Bonchev–Trinajstić information content (AvgIpc) is 3.06. The molecule has 23 heavy (non-hydrogen) atoms. The fraction of sp³-hybridized carbons (Fsp3) is 0.933. The lowest BCUT2D eigenvalue weighted by Crippen LogP contribution is -2.36. The van der Waals surface area contributed by atoms with Crippen molar-refractivity contribution in [1.29, 1.82) is 0 Å². The summed E-state index contributed by atoms with van der Waals surface area (Å²) < 4.78 is 28.5. The van der Waals surface area contributed by atoms with E-state index < -0.39 is 24.9 Å². The molecule has 0 aromatic heterocycles. The first-order valence-corrected chi connectivity index (χ1v) is 9.81. The van der Waals surface area contributed by atoms with E-state index in [1.165, 1.54) is 4.90 Å². The molecule has 4 unspecified atom stereocenters. The lowest BCUT2D eigenvalue weighted by molar-refractivity contribution is 0.0282. The number of ether oxygens (including phenoxy) is 2. The minimum atomic E-state index is -3.78. The highest BCUT2D eigenvalue weighted by molar-refractivity contribution is 7.53. The molecule has 0 spiro atoms. The fourth-order valence-corrected chi connectivity index (χ4v) is 5.05. The number of hydrogen-bond acceptors (Lipinski definition) is 5. The number of carbonyl (C=O) groups excluding carboxylic acids is 1. The first-order valence-electron chi connectivity index (χ1n) is 8.16. The summed E-state index contributed by atoms with van der Waals surface area (Å²) in [5.41, 5.74) is -1.18. The minimum Gasteiger partial charge on any atom is -0.444 e. The molecule has 8 heteroatoms. The Morgan fingerprint density at radius 2 is 2.09 bits per heavy atom. The zero-order chi connectivity index (χ0) is 17.3. The number of hydrogen-bond donors (Lipinski definition) is 1. The first-order chi connectivity index (χ1) is 10.6. The average molecular weight is 349 g/mol. The topological polar surface area (TPSA) is 85.3 Å². The van der Waals surface area contributed by atoms with Crippen molar-refractivity contribution in [3.63, 3.8) is 0 Å². The normalized spacial score (nSPS) is 31.2. The maximum absolute atomic E-state index is 12.6. The molecular weight excluding hydrogens is 321 g/mol. The molecule has 0 saturated carbocycles. The van der Waals surface area contributed by atoms with Gasteiger partial charge in [0.1, 0.15) is 5.60 Å². The minimum absolute atomic E-state index is 0.104. The molecule has 2 saturated heterocycles. The first kappa shape index (κ1) is 18.7. The van der Waals surface area contributed by atoms with Crippen LogP contribution in [0.5, 0.6) is 0 Å². The summed E-state index contributed by atoms with van der Waals surface area (Å²) >= 11 is 0. The highest BCUT2D eigenvalue weighted by Crippen LogP contribution is 2.55. The molecule has 0 bridgehead atoms. The summed E-state index contributed by atoms with van der Waals surface area (Å²) in [6.45, 7) is 9.09. The van der Waals surface area contributed by atoms with Gasteiger partial charge in [-0.05, 0) is 46.0 Å². The maximum Gasteiger partial charge on any atom is 0.410 e. The lowest BCUT2D eigenvalue weighted by atomic mass is 9.91. The second kappa shape index (κ2) is 7.09. The molecule has 134 valence electrons. The van der Waals surface area contributed by atoms with Crippen LogP contribution >= 0.6 is 7.60 Å². The Labute approximate surface area is 137 Å². The Balaban J connectivity index is 2.14. The second-order valence-electron chi connectivity index (χ2n) is 7.22. The molecule has 2 heterocycles. The van der Waals surface area contributed by atoms with Crippen LogP contribution in [0.3, 0.4) is 0 Å². The number of amides is 1. The molecule has 2 rings (SSSR count). The van der Waals surface area contributed by atoms with Gasteiger partial charge in [-0.25, -0.2) is 4.79 Å². The third kappa shape index (κ3) is 4.69. The highest BCUT2D eigenvalue weighted by atomic mass is 31.2. The predicted molar refractivity (Wildman–Crippen MR) is 85.5 cm³/mol. The molecule has 0 aliphatic carbocycles. The highest BCUT2D eigenvalue weighted by Gasteiger charge is 2.50. The van der Waals surface area contributed by atoms with Crippen molar-refractivity contribution in [1.82, 2.24) is 4.90 Å². The van der Waals surface area contributed by atoms with E-state index in [9.17, 15) is 14.3 Å². The van der Waals surface area contributed by atoms with Gasteiger partial charge in [0, 0.05) is 26.3 Å². The van der Waals surface area contributed by atoms with Crippen molar-refractivity contribution in [3.05, 3.63) is 0 Å². The van der Waals surface area contributed by atoms with Crippen LogP contribution in [-0.2, 0) is 18.6 Å². The molecule has 2 fully saturated rings. The van der Waals surface area contributed by atoms with E-state index >= 15 is 0 Å². The van der Waals surface area contributed by atoms with Crippen molar-refractivity contribution < 1.29 is 28.3 Å². The molecule has 2 aliphatic rings. The number of nitrogens with zero attached hydrogens (tertiary/aromatic N) is 1. The van der Waals surface area contributed by atoms with E-state index in [2.05, 4.69) is 0 Å². The SMILES string of the molecule is CCOP(=O)(O)C1CN(C(=O)OC(C)(C)C)CC1C1CCOC1. The molecule has 4 atom stereocenters. The van der Waals surface area contributed by atoms with Crippen LogP contribution in [0, 0.1) is 11.8 Å². The van der Waals surface area contributed by atoms with Gasteiger partial charge in [0.15, 0.2) is 0 Å². The van der Waals surface area contributed by atoms with E-state index in [4.69, 9.17) is 14.0 Å². The number of carbonyl (C=O) groups is 1. The predicted octanol–water partition coefficient (Wildman–Crippen LogP) is 2.48. The van der Waals surface area contributed by atoms with Gasteiger partial charge in [-0.15, -0.1) is 0 Å². The Hall–Kier alpha value is -0.620. The third-order valence-electron chi connectivity index (χ3n) is 4.29. The van der Waals surface area contributed by atoms with Gasteiger partial charge in [0.25, 0.3) is 0 Å². The summed E-state index contributed by atoms with van der Waals surface area (Å²) in [6.07, 6.45) is 0.399. The van der Waals surface area contributed by atoms with Crippen molar-refractivity contribution >= 4 is 13.7 Å². The van der Waals surface area contributed by atoms with Crippen LogP contribution in [0.4, 0.5) is 4.79 Å². The van der Waals surface area contributed by atoms with Crippen molar-refractivity contribution in [2.75, 3.05) is 32.9 Å². The smallest absolute Gasteiger partial charge is 0.410 e. The fourth-order valence-electron chi connectivity index (χ4n) is 3.27. The summed E-state index contributed by atoms with van der Waals surface area (Å²) in [7, 11) is -3.78.